The summed E-state index contributed by atoms with van der Waals surface area (Å²) < 4.78 is 61.8. The smallest absolute Gasteiger partial charge is 0.416 e. The fraction of sp³-hybridized carbons (Fsp3) is 0.364. The minimum Gasteiger partial charge on any atom is -0.545 e. The molecule has 0 spiro atoms. The lowest BCUT2D eigenvalue weighted by Gasteiger charge is -2.25. The fourth-order valence-electron chi connectivity index (χ4n) is 1.74. The van der Waals surface area contributed by atoms with Gasteiger partial charge in [0.2, 0.25) is 10.0 Å². The van der Waals surface area contributed by atoms with Crippen molar-refractivity contribution in [2.24, 2.45) is 0 Å². The molecule has 0 aliphatic heterocycles. The molecule has 1 aromatic carbocycles. The minimum absolute atomic E-state index is 0.489. The van der Waals surface area contributed by atoms with E-state index in [0.29, 0.717) is 16.4 Å². The van der Waals surface area contributed by atoms with Crippen molar-refractivity contribution in [2.75, 3.05) is 17.6 Å². The number of sulfonamides is 1. The molecule has 0 bridgehead atoms. The van der Waals surface area contributed by atoms with Crippen molar-refractivity contribution in [2.45, 2.75) is 13.1 Å². The molecule has 0 amide bonds. The van der Waals surface area contributed by atoms with Gasteiger partial charge in [0, 0.05) is 12.6 Å². The Labute approximate surface area is 113 Å². The summed E-state index contributed by atoms with van der Waals surface area (Å²) >= 11 is 0. The van der Waals surface area contributed by atoms with Crippen LogP contribution in [-0.2, 0) is 16.2 Å². The highest BCUT2D eigenvalue weighted by Crippen LogP contribution is 2.37. The van der Waals surface area contributed by atoms with Crippen LogP contribution in [0.3, 0.4) is 0 Å². The molecular weight excluding hydrogens is 299 g/mol. The predicted molar refractivity (Wildman–Crippen MR) is 63.8 cm³/mol. The van der Waals surface area contributed by atoms with E-state index in [2.05, 4.69) is 0 Å². The van der Waals surface area contributed by atoms with E-state index in [-0.39, 0.29) is 0 Å². The SMILES string of the molecule is Cc1c(C(F)(F)F)ccc(C(=O)[O-])c1N(C)S(C)(=O)=O. The molecule has 0 unspecified atom stereocenters. The van der Waals surface area contributed by atoms with E-state index < -0.39 is 44.5 Å². The van der Waals surface area contributed by atoms with Crippen LogP contribution in [0.25, 0.3) is 0 Å². The topological polar surface area (TPSA) is 77.5 Å². The van der Waals surface area contributed by atoms with Crippen LogP contribution in [0.15, 0.2) is 12.1 Å². The largest absolute Gasteiger partial charge is 0.545 e. The lowest BCUT2D eigenvalue weighted by atomic mass is 10.0. The number of nitrogens with zero attached hydrogens (tertiary/aromatic N) is 1. The predicted octanol–water partition coefficient (Wildman–Crippen LogP) is 0.773. The Morgan fingerprint density at radius 3 is 2.15 bits per heavy atom. The third kappa shape index (κ3) is 3.03. The highest BCUT2D eigenvalue weighted by molar-refractivity contribution is 7.92. The Bertz CT molecular complexity index is 652. The van der Waals surface area contributed by atoms with Gasteiger partial charge in [0.15, 0.2) is 0 Å². The van der Waals surface area contributed by atoms with Crippen molar-refractivity contribution in [3.05, 3.63) is 28.8 Å². The summed E-state index contributed by atoms with van der Waals surface area (Å²) in [6.45, 7) is 1.01. The lowest BCUT2D eigenvalue weighted by molar-refractivity contribution is -0.255. The van der Waals surface area contributed by atoms with Gasteiger partial charge in [0.25, 0.3) is 0 Å². The van der Waals surface area contributed by atoms with Crippen LogP contribution in [0.2, 0.25) is 0 Å². The Hall–Kier alpha value is -1.77. The Morgan fingerprint density at radius 1 is 1.30 bits per heavy atom. The molecule has 0 saturated heterocycles. The quantitative estimate of drug-likeness (QED) is 0.826. The number of carboxylic acid groups (broad SMARTS) is 1. The summed E-state index contributed by atoms with van der Waals surface area (Å²) in [6, 6.07) is 1.27. The Kier molecular flexibility index (Phi) is 4.04. The summed E-state index contributed by atoms with van der Waals surface area (Å²) in [5.41, 5.74) is -2.77. The van der Waals surface area contributed by atoms with Gasteiger partial charge in [-0.25, -0.2) is 8.42 Å². The summed E-state index contributed by atoms with van der Waals surface area (Å²) in [5.74, 6) is -1.76. The van der Waals surface area contributed by atoms with Crippen LogP contribution < -0.4 is 9.41 Å². The first-order valence-corrected chi connectivity index (χ1v) is 7.08. The second-order valence-electron chi connectivity index (χ2n) is 4.15. The number of aromatic carboxylic acids is 1. The standard InChI is InChI=1S/C11H12F3NO4S/c1-6-8(11(12,13)14)5-4-7(10(16)17)9(6)15(2)20(3,18)19/h4-5H,1-3H3,(H,16,17)/p-1. The first kappa shape index (κ1) is 16.3. The van der Waals surface area contributed by atoms with Crippen LogP contribution >= 0.6 is 0 Å². The number of anilines is 1. The van der Waals surface area contributed by atoms with Crippen molar-refractivity contribution in [1.82, 2.24) is 0 Å². The molecule has 0 atom stereocenters. The van der Waals surface area contributed by atoms with E-state index in [9.17, 15) is 31.5 Å². The van der Waals surface area contributed by atoms with Crippen LogP contribution in [0.5, 0.6) is 0 Å². The molecule has 0 heterocycles. The highest BCUT2D eigenvalue weighted by Gasteiger charge is 2.35. The number of hydrogen-bond donors (Lipinski definition) is 0. The molecule has 0 radical (unpaired) electrons. The van der Waals surface area contributed by atoms with Crippen molar-refractivity contribution in [1.29, 1.82) is 0 Å². The fourth-order valence-corrected chi connectivity index (χ4v) is 2.31. The number of hydrogen-bond acceptors (Lipinski definition) is 4. The van der Waals surface area contributed by atoms with E-state index in [1.165, 1.54) is 0 Å². The molecule has 0 aliphatic rings. The average molecular weight is 310 g/mol. The molecule has 0 aliphatic carbocycles. The maximum absolute atomic E-state index is 12.8. The van der Waals surface area contributed by atoms with Crippen LogP contribution in [-0.4, -0.2) is 27.7 Å². The van der Waals surface area contributed by atoms with Gasteiger partial charge < -0.3 is 9.90 Å². The molecule has 112 valence electrons. The van der Waals surface area contributed by atoms with Gasteiger partial charge in [-0.2, -0.15) is 13.2 Å². The van der Waals surface area contributed by atoms with Crippen molar-refractivity contribution >= 4 is 21.7 Å². The molecule has 9 heteroatoms. The summed E-state index contributed by atoms with van der Waals surface area (Å²) in [6.07, 6.45) is -3.96. The van der Waals surface area contributed by atoms with E-state index >= 15 is 0 Å². The third-order valence-electron chi connectivity index (χ3n) is 2.77. The zero-order chi connectivity index (χ0) is 15.9. The van der Waals surface area contributed by atoms with Gasteiger partial charge in [0.1, 0.15) is 0 Å². The normalized spacial score (nSPS) is 12.3. The summed E-state index contributed by atoms with van der Waals surface area (Å²) in [4.78, 5) is 11.0. The molecule has 0 N–H and O–H groups in total. The molecule has 0 aromatic heterocycles. The maximum Gasteiger partial charge on any atom is 0.416 e. The van der Waals surface area contributed by atoms with Gasteiger partial charge in [-0.15, -0.1) is 0 Å². The number of carbonyl (C=O) groups is 1. The second-order valence-corrected chi connectivity index (χ2v) is 6.16. The van der Waals surface area contributed by atoms with E-state index in [1.54, 1.807) is 0 Å². The minimum atomic E-state index is -4.72. The molecule has 5 nitrogen and oxygen atoms in total. The third-order valence-corrected chi connectivity index (χ3v) is 3.95. The number of benzene rings is 1. The summed E-state index contributed by atoms with van der Waals surface area (Å²) in [5, 5.41) is 11.0. The van der Waals surface area contributed by atoms with Crippen molar-refractivity contribution < 1.29 is 31.5 Å². The first-order chi connectivity index (χ1) is 8.87. The molecule has 0 fully saturated rings. The molecular formula is C11H11F3NO4S-. The number of alkyl halides is 3. The molecule has 20 heavy (non-hydrogen) atoms. The van der Waals surface area contributed by atoms with Crippen LogP contribution in [0.4, 0.5) is 18.9 Å². The number of carbonyl (C=O) groups excluding carboxylic acids is 1. The summed E-state index contributed by atoms with van der Waals surface area (Å²) in [7, 11) is -2.95. The second kappa shape index (κ2) is 4.97. The van der Waals surface area contributed by atoms with Gasteiger partial charge in [-0.05, 0) is 18.6 Å². The first-order valence-electron chi connectivity index (χ1n) is 5.23. The lowest BCUT2D eigenvalue weighted by Crippen LogP contribution is -2.31. The number of carboxylic acids is 1. The molecule has 1 aromatic rings. The molecule has 1 rings (SSSR count). The van der Waals surface area contributed by atoms with E-state index in [1.807, 2.05) is 0 Å². The Morgan fingerprint density at radius 2 is 1.80 bits per heavy atom. The van der Waals surface area contributed by atoms with E-state index in [4.69, 9.17) is 0 Å². The van der Waals surface area contributed by atoms with Crippen LogP contribution in [0, 0.1) is 6.92 Å². The zero-order valence-electron chi connectivity index (χ0n) is 10.8. The van der Waals surface area contributed by atoms with Gasteiger partial charge in [-0.3, -0.25) is 4.31 Å². The van der Waals surface area contributed by atoms with Crippen molar-refractivity contribution in [3.8, 4) is 0 Å². The number of rotatable bonds is 3. The Balaban J connectivity index is 3.73. The number of halogens is 3. The highest BCUT2D eigenvalue weighted by atomic mass is 32.2. The van der Waals surface area contributed by atoms with Gasteiger partial charge in [-0.1, -0.05) is 6.07 Å². The molecule has 0 saturated carbocycles. The van der Waals surface area contributed by atoms with Gasteiger partial charge in [0.05, 0.1) is 23.5 Å². The van der Waals surface area contributed by atoms with Crippen LogP contribution in [0.1, 0.15) is 21.5 Å². The van der Waals surface area contributed by atoms with E-state index in [0.717, 1.165) is 20.2 Å². The average Bonchev–Trinajstić information content (AvgIpc) is 2.24. The van der Waals surface area contributed by atoms with Gasteiger partial charge >= 0.3 is 6.18 Å². The van der Waals surface area contributed by atoms with Crippen molar-refractivity contribution in [3.63, 3.8) is 0 Å². The maximum atomic E-state index is 12.8. The zero-order valence-corrected chi connectivity index (χ0v) is 11.6. The monoisotopic (exact) mass is 310 g/mol.